The molecule has 16 heavy (non-hydrogen) atoms. The lowest BCUT2D eigenvalue weighted by Gasteiger charge is -2.15. The Morgan fingerprint density at radius 1 is 1.38 bits per heavy atom. The van der Waals surface area contributed by atoms with E-state index in [0.717, 1.165) is 0 Å². The predicted molar refractivity (Wildman–Crippen MR) is 50.4 cm³/mol. The molecule has 96 valence electrons. The molecule has 9 nitrogen and oxygen atoms in total. The second kappa shape index (κ2) is 6.92. The first kappa shape index (κ1) is 15.5. The van der Waals surface area contributed by atoms with Crippen molar-refractivity contribution in [3.63, 3.8) is 0 Å². The smallest absolute Gasteiger partial charge is 0.472 e. The van der Waals surface area contributed by atoms with Crippen LogP contribution in [0.1, 0.15) is 0 Å². The Bertz CT molecular complexity index is 271. The molecule has 6 N–H and O–H groups in total. The lowest BCUT2D eigenvalue weighted by Crippen LogP contribution is -2.34. The van der Waals surface area contributed by atoms with E-state index in [1.807, 2.05) is 0 Å². The van der Waals surface area contributed by atoms with Crippen LogP contribution < -0.4 is 5.73 Å². The summed E-state index contributed by atoms with van der Waals surface area (Å²) in [6, 6.07) is -1.45. The Kier molecular flexibility index (Phi) is 6.68. The average molecular weight is 259 g/mol. The van der Waals surface area contributed by atoms with Gasteiger partial charge >= 0.3 is 13.8 Å². The lowest BCUT2D eigenvalue weighted by molar-refractivity contribution is -0.139. The first-order valence-corrected chi connectivity index (χ1v) is 5.67. The molecule has 0 aliphatic rings. The normalized spacial score (nSPS) is 18.8. The van der Waals surface area contributed by atoms with Crippen LogP contribution >= 0.6 is 7.82 Å². The minimum atomic E-state index is -4.47. The third-order valence-electron chi connectivity index (χ3n) is 1.38. The zero-order valence-corrected chi connectivity index (χ0v) is 9.12. The highest BCUT2D eigenvalue weighted by atomic mass is 31.2. The zero-order chi connectivity index (χ0) is 12.8. The van der Waals surface area contributed by atoms with Crippen molar-refractivity contribution in [3.05, 3.63) is 0 Å². The monoisotopic (exact) mass is 259 g/mol. The maximum Gasteiger partial charge on any atom is 0.472 e. The van der Waals surface area contributed by atoms with Gasteiger partial charge in [-0.3, -0.25) is 13.8 Å². The molecule has 0 aliphatic carbocycles. The predicted octanol–water partition coefficient (Wildman–Crippen LogP) is -2.11. The van der Waals surface area contributed by atoms with Crippen molar-refractivity contribution in [2.24, 2.45) is 5.73 Å². The number of carboxylic acids is 1. The van der Waals surface area contributed by atoms with Gasteiger partial charge in [0, 0.05) is 0 Å². The average Bonchev–Trinajstić information content (AvgIpc) is 2.22. The molecule has 0 bridgehead atoms. The van der Waals surface area contributed by atoms with Crippen molar-refractivity contribution < 1.29 is 38.6 Å². The zero-order valence-electron chi connectivity index (χ0n) is 8.22. The highest BCUT2D eigenvalue weighted by Crippen LogP contribution is 2.43. The number of hydrogen-bond donors (Lipinski definition) is 5. The van der Waals surface area contributed by atoms with Gasteiger partial charge in [0.1, 0.15) is 12.1 Å². The van der Waals surface area contributed by atoms with E-state index in [1.54, 1.807) is 0 Å². The quantitative estimate of drug-likeness (QED) is 0.307. The Morgan fingerprint density at radius 2 is 1.88 bits per heavy atom. The van der Waals surface area contributed by atoms with E-state index < -0.39 is 45.8 Å². The topological polar surface area (TPSA) is 160 Å². The van der Waals surface area contributed by atoms with Gasteiger partial charge in [0.2, 0.25) is 0 Å². The van der Waals surface area contributed by atoms with Crippen LogP contribution in [0.3, 0.4) is 0 Å². The number of phosphoric acid groups is 1. The van der Waals surface area contributed by atoms with Crippen molar-refractivity contribution in [2.45, 2.75) is 12.1 Å². The van der Waals surface area contributed by atoms with E-state index >= 15 is 0 Å². The van der Waals surface area contributed by atoms with Gasteiger partial charge < -0.3 is 25.9 Å². The van der Waals surface area contributed by atoms with Gasteiger partial charge in [-0.25, -0.2) is 4.57 Å². The summed E-state index contributed by atoms with van der Waals surface area (Å²) in [5.41, 5.74) is 5.00. The Labute approximate surface area is 91.0 Å². The molecule has 0 aliphatic heterocycles. The van der Waals surface area contributed by atoms with Crippen LogP contribution in [0.2, 0.25) is 0 Å². The molecule has 10 heteroatoms. The molecule has 0 radical (unpaired) electrons. The minimum Gasteiger partial charge on any atom is -0.480 e. The van der Waals surface area contributed by atoms with Gasteiger partial charge in [0.15, 0.2) is 0 Å². The van der Waals surface area contributed by atoms with Crippen LogP contribution in [-0.4, -0.2) is 58.1 Å². The van der Waals surface area contributed by atoms with Gasteiger partial charge in [-0.15, -0.1) is 0 Å². The summed E-state index contributed by atoms with van der Waals surface area (Å²) in [7, 11) is -4.47. The molecule has 0 aromatic carbocycles. The number of nitrogens with two attached hydrogens (primary N) is 1. The Hall–Kier alpha value is -0.540. The van der Waals surface area contributed by atoms with Gasteiger partial charge in [-0.2, -0.15) is 0 Å². The lowest BCUT2D eigenvalue weighted by atomic mass is 10.3. The molecular formula is C6H14NO8P. The summed E-state index contributed by atoms with van der Waals surface area (Å²) in [5, 5.41) is 25.5. The van der Waals surface area contributed by atoms with Crippen LogP contribution in [0.4, 0.5) is 0 Å². The van der Waals surface area contributed by atoms with E-state index in [9.17, 15) is 9.36 Å². The van der Waals surface area contributed by atoms with Gasteiger partial charge in [-0.1, -0.05) is 0 Å². The highest BCUT2D eigenvalue weighted by Gasteiger charge is 2.25. The Balaban J connectivity index is 3.96. The number of carboxylic acid groups (broad SMARTS) is 1. The third kappa shape index (κ3) is 6.85. The molecule has 0 saturated heterocycles. The van der Waals surface area contributed by atoms with Crippen molar-refractivity contribution in [3.8, 4) is 0 Å². The van der Waals surface area contributed by atoms with Crippen LogP contribution in [-0.2, 0) is 18.4 Å². The number of aliphatic hydroxyl groups excluding tert-OH is 2. The summed E-state index contributed by atoms with van der Waals surface area (Å²) in [6.45, 7) is -1.97. The van der Waals surface area contributed by atoms with E-state index in [1.165, 1.54) is 0 Å². The molecule has 3 atom stereocenters. The number of aliphatic carboxylic acids is 1. The molecule has 0 aromatic rings. The summed E-state index contributed by atoms with van der Waals surface area (Å²) >= 11 is 0. The van der Waals surface area contributed by atoms with E-state index in [0.29, 0.717) is 0 Å². The summed E-state index contributed by atoms with van der Waals surface area (Å²) in [4.78, 5) is 19.2. The first-order valence-electron chi connectivity index (χ1n) is 4.17. The summed E-state index contributed by atoms with van der Waals surface area (Å²) in [5.74, 6) is -1.39. The fraction of sp³-hybridized carbons (Fsp3) is 0.833. The third-order valence-corrected chi connectivity index (χ3v) is 2.33. The van der Waals surface area contributed by atoms with Gasteiger partial charge in [0.05, 0.1) is 19.8 Å². The first-order chi connectivity index (χ1) is 7.28. The molecule has 1 unspecified atom stereocenters. The van der Waals surface area contributed by atoms with Crippen molar-refractivity contribution in [2.75, 3.05) is 19.8 Å². The summed E-state index contributed by atoms with van der Waals surface area (Å²) < 4.78 is 19.5. The van der Waals surface area contributed by atoms with E-state index in [-0.39, 0.29) is 0 Å². The van der Waals surface area contributed by atoms with Crippen molar-refractivity contribution in [1.29, 1.82) is 0 Å². The van der Waals surface area contributed by atoms with Crippen LogP contribution in [0.25, 0.3) is 0 Å². The molecule has 0 aromatic heterocycles. The molecule has 0 spiro atoms. The maximum absolute atomic E-state index is 11.0. The summed E-state index contributed by atoms with van der Waals surface area (Å²) in [6.07, 6.45) is -1.32. The largest absolute Gasteiger partial charge is 0.480 e. The highest BCUT2D eigenvalue weighted by molar-refractivity contribution is 7.47. The van der Waals surface area contributed by atoms with Gasteiger partial charge in [-0.05, 0) is 0 Å². The van der Waals surface area contributed by atoms with Crippen LogP contribution in [0.15, 0.2) is 0 Å². The molecule has 0 rings (SSSR count). The minimum absolute atomic E-state index is 0.618. The molecular weight excluding hydrogens is 245 g/mol. The van der Waals surface area contributed by atoms with Crippen molar-refractivity contribution in [1.82, 2.24) is 0 Å². The van der Waals surface area contributed by atoms with Crippen molar-refractivity contribution >= 4 is 13.8 Å². The SMILES string of the molecule is N[C@@H](COP(=O)(O)OC[C@H](O)CO)C(=O)O. The second-order valence-corrected chi connectivity index (χ2v) is 4.29. The number of phosphoric ester groups is 1. The number of carbonyl (C=O) groups is 1. The number of aliphatic hydroxyl groups is 2. The fourth-order valence-corrected chi connectivity index (χ4v) is 1.30. The van der Waals surface area contributed by atoms with Gasteiger partial charge in [0.25, 0.3) is 0 Å². The number of rotatable bonds is 8. The second-order valence-electron chi connectivity index (χ2n) is 2.84. The van der Waals surface area contributed by atoms with E-state index in [4.69, 9.17) is 25.9 Å². The van der Waals surface area contributed by atoms with Crippen LogP contribution in [0, 0.1) is 0 Å². The van der Waals surface area contributed by atoms with E-state index in [2.05, 4.69) is 9.05 Å². The standard InChI is InChI=1S/C6H14NO8P/c7-5(6(10)11)3-15-16(12,13)14-2-4(9)1-8/h4-5,8-9H,1-3,7H2,(H,10,11)(H,12,13)/t4-,5+/m1/s1. The molecule has 0 saturated carbocycles. The number of hydrogen-bond acceptors (Lipinski definition) is 7. The molecule has 0 fully saturated rings. The Morgan fingerprint density at radius 3 is 2.31 bits per heavy atom. The maximum atomic E-state index is 11.0. The fourth-order valence-electron chi connectivity index (χ4n) is 0.516. The molecule has 0 amide bonds. The van der Waals surface area contributed by atoms with Crippen LogP contribution in [0.5, 0.6) is 0 Å². The molecule has 0 heterocycles.